The molecule has 0 aliphatic heterocycles. The summed E-state index contributed by atoms with van der Waals surface area (Å²) in [4.78, 5) is 5.49. The molecule has 0 saturated heterocycles. The SMILES string of the molecule is CSc1cccc(-c2ccc(C)nc2Cl)c1. The molecule has 1 heterocycles. The molecular weight excluding hydrogens is 238 g/mol. The maximum Gasteiger partial charge on any atom is 0.137 e. The van der Waals surface area contributed by atoms with Crippen molar-refractivity contribution in [3.05, 3.63) is 47.2 Å². The molecule has 1 aromatic carbocycles. The molecule has 0 spiro atoms. The second-order valence-electron chi connectivity index (χ2n) is 3.52. The van der Waals surface area contributed by atoms with Crippen molar-refractivity contribution < 1.29 is 0 Å². The number of hydrogen-bond donors (Lipinski definition) is 0. The van der Waals surface area contributed by atoms with E-state index in [2.05, 4.69) is 29.4 Å². The van der Waals surface area contributed by atoms with Crippen LogP contribution in [0.3, 0.4) is 0 Å². The molecule has 0 saturated carbocycles. The molecule has 0 radical (unpaired) electrons. The van der Waals surface area contributed by atoms with Crippen molar-refractivity contribution in [1.82, 2.24) is 4.98 Å². The van der Waals surface area contributed by atoms with Crippen LogP contribution in [-0.2, 0) is 0 Å². The summed E-state index contributed by atoms with van der Waals surface area (Å²) in [5.41, 5.74) is 3.04. The fourth-order valence-corrected chi connectivity index (χ4v) is 2.30. The predicted octanol–water partition coefficient (Wildman–Crippen LogP) is 4.43. The quantitative estimate of drug-likeness (QED) is 0.577. The largest absolute Gasteiger partial charge is 0.241 e. The Morgan fingerprint density at radius 3 is 2.69 bits per heavy atom. The van der Waals surface area contributed by atoms with E-state index in [9.17, 15) is 0 Å². The summed E-state index contributed by atoms with van der Waals surface area (Å²) in [7, 11) is 0. The van der Waals surface area contributed by atoms with Gasteiger partial charge in [0.1, 0.15) is 5.15 Å². The first-order chi connectivity index (χ1) is 7.70. The van der Waals surface area contributed by atoms with Gasteiger partial charge < -0.3 is 0 Å². The molecule has 16 heavy (non-hydrogen) atoms. The first-order valence-electron chi connectivity index (χ1n) is 4.98. The number of hydrogen-bond acceptors (Lipinski definition) is 2. The maximum atomic E-state index is 6.14. The normalized spacial score (nSPS) is 10.4. The van der Waals surface area contributed by atoms with Crippen LogP contribution in [0.15, 0.2) is 41.3 Å². The van der Waals surface area contributed by atoms with Crippen LogP contribution in [0.1, 0.15) is 5.69 Å². The van der Waals surface area contributed by atoms with Gasteiger partial charge in [0.25, 0.3) is 0 Å². The van der Waals surface area contributed by atoms with Gasteiger partial charge in [-0.3, -0.25) is 0 Å². The molecule has 3 heteroatoms. The Morgan fingerprint density at radius 2 is 2.00 bits per heavy atom. The van der Waals surface area contributed by atoms with E-state index in [1.54, 1.807) is 11.8 Å². The average molecular weight is 250 g/mol. The number of aromatic nitrogens is 1. The highest BCUT2D eigenvalue weighted by atomic mass is 35.5. The minimum absolute atomic E-state index is 0.568. The Kier molecular flexibility index (Phi) is 3.52. The van der Waals surface area contributed by atoms with Crippen molar-refractivity contribution in [3.8, 4) is 11.1 Å². The number of thioether (sulfide) groups is 1. The highest BCUT2D eigenvalue weighted by Crippen LogP contribution is 2.29. The predicted molar refractivity (Wildman–Crippen MR) is 71.2 cm³/mol. The Morgan fingerprint density at radius 1 is 1.19 bits per heavy atom. The summed E-state index contributed by atoms with van der Waals surface area (Å²) in [6.07, 6.45) is 2.06. The molecule has 0 amide bonds. The van der Waals surface area contributed by atoms with Crippen molar-refractivity contribution in [2.75, 3.05) is 6.26 Å². The molecule has 2 rings (SSSR count). The Bertz CT molecular complexity index is 511. The van der Waals surface area contributed by atoms with Crippen molar-refractivity contribution in [3.63, 3.8) is 0 Å². The highest BCUT2D eigenvalue weighted by Gasteiger charge is 2.05. The number of aryl methyl sites for hydroxylation is 1. The first-order valence-corrected chi connectivity index (χ1v) is 6.58. The van der Waals surface area contributed by atoms with E-state index < -0.39 is 0 Å². The van der Waals surface area contributed by atoms with Crippen molar-refractivity contribution in [2.24, 2.45) is 0 Å². The number of nitrogens with zero attached hydrogens (tertiary/aromatic N) is 1. The topological polar surface area (TPSA) is 12.9 Å². The second-order valence-corrected chi connectivity index (χ2v) is 4.76. The number of rotatable bonds is 2. The highest BCUT2D eigenvalue weighted by molar-refractivity contribution is 7.98. The zero-order valence-electron chi connectivity index (χ0n) is 9.20. The van der Waals surface area contributed by atoms with E-state index in [0.29, 0.717) is 5.15 Å². The number of halogens is 1. The van der Waals surface area contributed by atoms with Crippen molar-refractivity contribution >= 4 is 23.4 Å². The summed E-state index contributed by atoms with van der Waals surface area (Å²) < 4.78 is 0. The average Bonchev–Trinajstić information content (AvgIpc) is 2.29. The van der Waals surface area contributed by atoms with Gasteiger partial charge in [0.2, 0.25) is 0 Å². The summed E-state index contributed by atoms with van der Waals surface area (Å²) in [6, 6.07) is 12.3. The molecular formula is C13H12ClNS. The van der Waals surface area contributed by atoms with Crippen LogP contribution in [0, 0.1) is 6.92 Å². The lowest BCUT2D eigenvalue weighted by molar-refractivity contribution is 1.20. The lowest BCUT2D eigenvalue weighted by Gasteiger charge is -2.06. The smallest absolute Gasteiger partial charge is 0.137 e. The molecule has 0 fully saturated rings. The van der Waals surface area contributed by atoms with Crippen LogP contribution >= 0.6 is 23.4 Å². The number of benzene rings is 1. The Balaban J connectivity index is 2.49. The van der Waals surface area contributed by atoms with E-state index >= 15 is 0 Å². The van der Waals surface area contributed by atoms with Crippen LogP contribution in [0.4, 0.5) is 0 Å². The van der Waals surface area contributed by atoms with E-state index in [0.717, 1.165) is 16.8 Å². The van der Waals surface area contributed by atoms with Gasteiger partial charge in [-0.05, 0) is 43.0 Å². The standard InChI is InChI=1S/C13H12ClNS/c1-9-6-7-12(13(14)15-9)10-4-3-5-11(8-10)16-2/h3-8H,1-2H3. The molecule has 0 atom stereocenters. The first kappa shape index (κ1) is 11.5. The Labute approximate surface area is 105 Å². The molecule has 0 N–H and O–H groups in total. The zero-order chi connectivity index (χ0) is 11.5. The van der Waals surface area contributed by atoms with Gasteiger partial charge in [0, 0.05) is 16.2 Å². The van der Waals surface area contributed by atoms with E-state index in [4.69, 9.17) is 11.6 Å². The van der Waals surface area contributed by atoms with Crippen molar-refractivity contribution in [2.45, 2.75) is 11.8 Å². The minimum Gasteiger partial charge on any atom is -0.241 e. The minimum atomic E-state index is 0.568. The van der Waals surface area contributed by atoms with Gasteiger partial charge in [0.05, 0.1) is 0 Å². The third-order valence-electron chi connectivity index (χ3n) is 2.37. The van der Waals surface area contributed by atoms with Crippen LogP contribution in [0.25, 0.3) is 11.1 Å². The molecule has 2 aromatic rings. The molecule has 1 aromatic heterocycles. The monoisotopic (exact) mass is 249 g/mol. The van der Waals surface area contributed by atoms with Crippen LogP contribution in [-0.4, -0.2) is 11.2 Å². The van der Waals surface area contributed by atoms with E-state index in [1.165, 1.54) is 4.90 Å². The fourth-order valence-electron chi connectivity index (χ4n) is 1.53. The third-order valence-corrected chi connectivity index (χ3v) is 3.38. The lowest BCUT2D eigenvalue weighted by Crippen LogP contribution is -1.86. The third kappa shape index (κ3) is 2.39. The number of pyridine rings is 1. The van der Waals surface area contributed by atoms with Crippen molar-refractivity contribution in [1.29, 1.82) is 0 Å². The molecule has 82 valence electrons. The molecule has 0 aliphatic carbocycles. The summed E-state index contributed by atoms with van der Waals surface area (Å²) in [5.74, 6) is 0. The lowest BCUT2D eigenvalue weighted by atomic mass is 10.1. The van der Waals surface area contributed by atoms with Gasteiger partial charge in [-0.1, -0.05) is 23.7 Å². The molecule has 0 unspecified atom stereocenters. The van der Waals surface area contributed by atoms with Gasteiger partial charge in [-0.2, -0.15) is 0 Å². The van der Waals surface area contributed by atoms with Gasteiger partial charge in [0.15, 0.2) is 0 Å². The van der Waals surface area contributed by atoms with Gasteiger partial charge in [-0.25, -0.2) is 4.98 Å². The van der Waals surface area contributed by atoms with Gasteiger partial charge >= 0.3 is 0 Å². The van der Waals surface area contributed by atoms with E-state index in [1.807, 2.05) is 25.1 Å². The molecule has 1 nitrogen and oxygen atoms in total. The van der Waals surface area contributed by atoms with Crippen LogP contribution < -0.4 is 0 Å². The fraction of sp³-hybridized carbons (Fsp3) is 0.154. The molecule has 0 bridgehead atoms. The molecule has 0 aliphatic rings. The summed E-state index contributed by atoms with van der Waals surface area (Å²) in [6.45, 7) is 1.94. The van der Waals surface area contributed by atoms with Crippen LogP contribution in [0.5, 0.6) is 0 Å². The second kappa shape index (κ2) is 4.89. The Hall–Kier alpha value is -0.990. The zero-order valence-corrected chi connectivity index (χ0v) is 10.8. The summed E-state index contributed by atoms with van der Waals surface area (Å²) in [5, 5.41) is 0.568. The van der Waals surface area contributed by atoms with Crippen LogP contribution in [0.2, 0.25) is 5.15 Å². The maximum absolute atomic E-state index is 6.14. The van der Waals surface area contributed by atoms with Gasteiger partial charge in [-0.15, -0.1) is 11.8 Å². The van der Waals surface area contributed by atoms with E-state index in [-0.39, 0.29) is 0 Å². The summed E-state index contributed by atoms with van der Waals surface area (Å²) >= 11 is 7.86.